The minimum absolute atomic E-state index is 0.801. The zero-order valence-electron chi connectivity index (χ0n) is 7.05. The van der Waals surface area contributed by atoms with Crippen LogP contribution in [0.15, 0.2) is 11.8 Å². The monoisotopic (exact) mass is 153 g/mol. The van der Waals surface area contributed by atoms with E-state index in [-0.39, 0.29) is 0 Å². The van der Waals surface area contributed by atoms with Crippen molar-refractivity contribution in [3.05, 3.63) is 11.8 Å². The van der Waals surface area contributed by atoms with Gasteiger partial charge in [-0.15, -0.1) is 0 Å². The lowest BCUT2D eigenvalue weighted by Gasteiger charge is -2.21. The van der Waals surface area contributed by atoms with Crippen LogP contribution < -0.4 is 0 Å². The summed E-state index contributed by atoms with van der Waals surface area (Å²) in [5.74, 6) is 0. The van der Waals surface area contributed by atoms with Gasteiger partial charge in [-0.3, -0.25) is 4.79 Å². The molecule has 0 aromatic heterocycles. The number of hydrogen-bond donors (Lipinski definition) is 0. The first-order valence-electron chi connectivity index (χ1n) is 4.29. The molecule has 0 unspecified atom stereocenters. The Morgan fingerprint density at radius 3 is 2.91 bits per heavy atom. The molecular formula is C9H15NO. The second-order valence-corrected chi connectivity index (χ2v) is 2.83. The van der Waals surface area contributed by atoms with E-state index in [0.717, 1.165) is 25.8 Å². The molecule has 0 aromatic rings. The van der Waals surface area contributed by atoms with Crippen molar-refractivity contribution in [2.75, 3.05) is 6.54 Å². The van der Waals surface area contributed by atoms with E-state index in [0.29, 0.717) is 0 Å². The predicted molar refractivity (Wildman–Crippen MR) is 45.0 cm³/mol. The Labute approximate surface area is 67.9 Å². The van der Waals surface area contributed by atoms with Gasteiger partial charge in [0.1, 0.15) is 0 Å². The summed E-state index contributed by atoms with van der Waals surface area (Å²) in [4.78, 5) is 12.3. The van der Waals surface area contributed by atoms with E-state index >= 15 is 0 Å². The summed E-state index contributed by atoms with van der Waals surface area (Å²) in [5, 5.41) is 0. The lowest BCUT2D eigenvalue weighted by Crippen LogP contribution is -2.21. The van der Waals surface area contributed by atoms with E-state index in [9.17, 15) is 4.79 Å². The van der Waals surface area contributed by atoms with E-state index in [4.69, 9.17) is 0 Å². The van der Waals surface area contributed by atoms with Crippen LogP contribution >= 0.6 is 0 Å². The molecule has 11 heavy (non-hydrogen) atoms. The second kappa shape index (κ2) is 4.16. The average molecular weight is 153 g/mol. The van der Waals surface area contributed by atoms with Crippen molar-refractivity contribution in [3.8, 4) is 0 Å². The van der Waals surface area contributed by atoms with Gasteiger partial charge >= 0.3 is 0 Å². The summed E-state index contributed by atoms with van der Waals surface area (Å²) >= 11 is 0. The predicted octanol–water partition coefficient (Wildman–Crippen LogP) is 1.92. The van der Waals surface area contributed by atoms with E-state index in [1.807, 2.05) is 6.92 Å². The molecular weight excluding hydrogens is 138 g/mol. The fourth-order valence-electron chi connectivity index (χ4n) is 1.43. The van der Waals surface area contributed by atoms with Gasteiger partial charge in [-0.2, -0.15) is 0 Å². The molecule has 0 aliphatic heterocycles. The Hall–Kier alpha value is -0.790. The van der Waals surface area contributed by atoms with Gasteiger partial charge in [0.2, 0.25) is 6.41 Å². The van der Waals surface area contributed by atoms with E-state index in [1.165, 1.54) is 18.5 Å². The molecule has 2 nitrogen and oxygen atoms in total. The van der Waals surface area contributed by atoms with Crippen molar-refractivity contribution in [2.24, 2.45) is 0 Å². The third kappa shape index (κ3) is 2.07. The van der Waals surface area contributed by atoms with Crippen molar-refractivity contribution < 1.29 is 4.79 Å². The highest BCUT2D eigenvalue weighted by Gasteiger charge is 2.08. The Bertz CT molecular complexity index is 163. The summed E-state index contributed by atoms with van der Waals surface area (Å²) in [5.41, 5.74) is 1.22. The molecule has 0 saturated heterocycles. The highest BCUT2D eigenvalue weighted by atomic mass is 16.1. The lowest BCUT2D eigenvalue weighted by atomic mass is 10.0. The molecule has 0 fully saturated rings. The molecule has 0 aromatic carbocycles. The zero-order valence-corrected chi connectivity index (χ0v) is 7.05. The number of rotatable bonds is 3. The molecule has 0 radical (unpaired) electrons. The number of amides is 1. The fraction of sp³-hybridized carbons (Fsp3) is 0.667. The topological polar surface area (TPSA) is 20.3 Å². The maximum Gasteiger partial charge on any atom is 0.213 e. The first-order valence-corrected chi connectivity index (χ1v) is 4.29. The zero-order chi connectivity index (χ0) is 8.10. The van der Waals surface area contributed by atoms with Crippen molar-refractivity contribution >= 4 is 6.41 Å². The molecule has 1 aliphatic rings. The van der Waals surface area contributed by atoms with Crippen LogP contribution in [0, 0.1) is 0 Å². The van der Waals surface area contributed by atoms with Crippen LogP contribution in [0.4, 0.5) is 0 Å². The van der Waals surface area contributed by atoms with Crippen molar-refractivity contribution in [1.29, 1.82) is 0 Å². The Morgan fingerprint density at radius 1 is 1.64 bits per heavy atom. The molecule has 62 valence electrons. The number of carbonyl (C=O) groups excluding carboxylic acids is 1. The van der Waals surface area contributed by atoms with Crippen LogP contribution in [0.1, 0.15) is 32.6 Å². The molecule has 1 aliphatic carbocycles. The van der Waals surface area contributed by atoms with Gasteiger partial charge in [0.05, 0.1) is 0 Å². The van der Waals surface area contributed by atoms with Gasteiger partial charge in [-0.1, -0.05) is 6.08 Å². The highest BCUT2D eigenvalue weighted by molar-refractivity contribution is 5.51. The molecule has 0 heterocycles. The molecule has 0 N–H and O–H groups in total. The minimum atomic E-state index is 0.801. The Balaban J connectivity index is 2.55. The van der Waals surface area contributed by atoms with Crippen molar-refractivity contribution in [2.45, 2.75) is 32.6 Å². The van der Waals surface area contributed by atoms with E-state index in [2.05, 4.69) is 6.08 Å². The molecule has 2 heteroatoms. The molecule has 0 atom stereocenters. The molecule has 0 bridgehead atoms. The molecule has 0 spiro atoms. The minimum Gasteiger partial charge on any atom is -0.319 e. The highest BCUT2D eigenvalue weighted by Crippen LogP contribution is 2.19. The van der Waals surface area contributed by atoms with E-state index < -0.39 is 0 Å². The smallest absolute Gasteiger partial charge is 0.213 e. The van der Waals surface area contributed by atoms with Crippen LogP contribution in [-0.2, 0) is 4.79 Å². The van der Waals surface area contributed by atoms with Crippen LogP contribution in [0.5, 0.6) is 0 Å². The molecule has 1 rings (SSSR count). The molecule has 1 amide bonds. The summed E-state index contributed by atoms with van der Waals surface area (Å²) in [7, 11) is 0. The van der Waals surface area contributed by atoms with Gasteiger partial charge in [-0.05, 0) is 32.6 Å². The number of carbonyl (C=O) groups is 1. The van der Waals surface area contributed by atoms with Gasteiger partial charge < -0.3 is 4.90 Å². The van der Waals surface area contributed by atoms with Crippen LogP contribution in [0.3, 0.4) is 0 Å². The maximum absolute atomic E-state index is 10.5. The number of nitrogens with zero attached hydrogens (tertiary/aromatic N) is 1. The standard InChI is InChI=1S/C9H15NO/c1-2-10(8-11)9-6-4-3-5-7-9/h6,8H,2-5,7H2,1H3. The SMILES string of the molecule is CCN(C=O)C1=CCCCC1. The first-order chi connectivity index (χ1) is 5.38. The average Bonchev–Trinajstić information content (AvgIpc) is 2.09. The number of allylic oxidation sites excluding steroid dienone is 2. The third-order valence-corrected chi connectivity index (χ3v) is 2.10. The summed E-state index contributed by atoms with van der Waals surface area (Å²) in [6.45, 7) is 2.80. The first kappa shape index (κ1) is 8.31. The van der Waals surface area contributed by atoms with E-state index in [1.54, 1.807) is 4.90 Å². The Morgan fingerprint density at radius 2 is 2.45 bits per heavy atom. The van der Waals surface area contributed by atoms with Gasteiger partial charge in [-0.25, -0.2) is 0 Å². The van der Waals surface area contributed by atoms with Gasteiger partial charge in [0, 0.05) is 12.2 Å². The summed E-state index contributed by atoms with van der Waals surface area (Å²) in [6.07, 6.45) is 7.83. The van der Waals surface area contributed by atoms with Crippen molar-refractivity contribution in [3.63, 3.8) is 0 Å². The molecule has 0 saturated carbocycles. The lowest BCUT2D eigenvalue weighted by molar-refractivity contribution is -0.116. The van der Waals surface area contributed by atoms with Crippen molar-refractivity contribution in [1.82, 2.24) is 4.90 Å². The van der Waals surface area contributed by atoms with Crippen LogP contribution in [-0.4, -0.2) is 17.9 Å². The Kier molecular flexibility index (Phi) is 3.14. The summed E-state index contributed by atoms with van der Waals surface area (Å²) < 4.78 is 0. The fourth-order valence-corrected chi connectivity index (χ4v) is 1.43. The second-order valence-electron chi connectivity index (χ2n) is 2.83. The quantitative estimate of drug-likeness (QED) is 0.567. The largest absolute Gasteiger partial charge is 0.319 e. The third-order valence-electron chi connectivity index (χ3n) is 2.10. The van der Waals surface area contributed by atoms with Gasteiger partial charge in [0.25, 0.3) is 0 Å². The van der Waals surface area contributed by atoms with Gasteiger partial charge in [0.15, 0.2) is 0 Å². The number of hydrogen-bond acceptors (Lipinski definition) is 1. The van der Waals surface area contributed by atoms with Crippen LogP contribution in [0.2, 0.25) is 0 Å². The summed E-state index contributed by atoms with van der Waals surface area (Å²) in [6, 6.07) is 0. The maximum atomic E-state index is 10.5. The normalized spacial score (nSPS) is 17.4. The van der Waals surface area contributed by atoms with Crippen LogP contribution in [0.25, 0.3) is 0 Å².